The van der Waals surface area contributed by atoms with Crippen molar-refractivity contribution in [2.75, 3.05) is 13.1 Å². The van der Waals surface area contributed by atoms with Gasteiger partial charge in [-0.1, -0.05) is 40.5 Å². The summed E-state index contributed by atoms with van der Waals surface area (Å²) in [6.07, 6.45) is 3.09. The van der Waals surface area contributed by atoms with Crippen molar-refractivity contribution >= 4 is 11.9 Å². The van der Waals surface area contributed by atoms with Crippen molar-refractivity contribution < 1.29 is 14.7 Å². The second kappa shape index (κ2) is 7.65. The SMILES string of the molecule is CC(C)CN(CC(C)C)C(=O)[C@@H]1CCCC[C@@H]1C(=O)[O-]. The highest BCUT2D eigenvalue weighted by Crippen LogP contribution is 2.31. The molecule has 0 aromatic heterocycles. The number of aliphatic carboxylic acids is 1. The predicted molar refractivity (Wildman–Crippen MR) is 76.7 cm³/mol. The molecule has 0 aromatic carbocycles. The smallest absolute Gasteiger partial charge is 0.226 e. The molecule has 1 fully saturated rings. The van der Waals surface area contributed by atoms with Gasteiger partial charge in [-0.2, -0.15) is 0 Å². The van der Waals surface area contributed by atoms with Crippen LogP contribution >= 0.6 is 0 Å². The number of amides is 1. The number of carbonyl (C=O) groups excluding carboxylic acids is 2. The molecule has 0 heterocycles. The average molecular weight is 282 g/mol. The van der Waals surface area contributed by atoms with Gasteiger partial charge < -0.3 is 14.8 Å². The highest BCUT2D eigenvalue weighted by atomic mass is 16.4. The molecule has 0 bridgehead atoms. The molecule has 0 saturated heterocycles. The first-order valence-corrected chi connectivity index (χ1v) is 7.82. The van der Waals surface area contributed by atoms with Crippen LogP contribution in [0.15, 0.2) is 0 Å². The van der Waals surface area contributed by atoms with E-state index >= 15 is 0 Å². The van der Waals surface area contributed by atoms with Crippen molar-refractivity contribution in [2.24, 2.45) is 23.7 Å². The lowest BCUT2D eigenvalue weighted by atomic mass is 9.78. The zero-order valence-electron chi connectivity index (χ0n) is 13.2. The lowest BCUT2D eigenvalue weighted by Gasteiger charge is -2.36. The van der Waals surface area contributed by atoms with Crippen LogP contribution in [0.3, 0.4) is 0 Å². The van der Waals surface area contributed by atoms with Gasteiger partial charge in [0.25, 0.3) is 0 Å². The Kier molecular flexibility index (Phi) is 6.50. The monoisotopic (exact) mass is 282 g/mol. The Labute approximate surface area is 122 Å². The van der Waals surface area contributed by atoms with Crippen LogP contribution in [0.5, 0.6) is 0 Å². The van der Waals surface area contributed by atoms with Crippen molar-refractivity contribution in [1.29, 1.82) is 0 Å². The molecule has 1 amide bonds. The molecule has 1 saturated carbocycles. The van der Waals surface area contributed by atoms with E-state index in [-0.39, 0.29) is 11.8 Å². The molecular formula is C16H28NO3-. The predicted octanol–water partition coefficient (Wildman–Crippen LogP) is 1.68. The summed E-state index contributed by atoms with van der Waals surface area (Å²) in [6.45, 7) is 9.73. The summed E-state index contributed by atoms with van der Waals surface area (Å²) in [5.74, 6) is -1.24. The standard InChI is InChI=1S/C16H29NO3/c1-11(2)9-17(10-12(3)4)15(18)13-7-5-6-8-14(13)16(19)20/h11-14H,5-10H2,1-4H3,(H,19,20)/p-1/t13-,14+/m1/s1. The molecule has 0 N–H and O–H groups in total. The van der Waals surface area contributed by atoms with Crippen LogP contribution in [0.1, 0.15) is 53.4 Å². The lowest BCUT2D eigenvalue weighted by Crippen LogP contribution is -2.47. The van der Waals surface area contributed by atoms with Crippen LogP contribution in [-0.2, 0) is 9.59 Å². The Hall–Kier alpha value is -1.06. The normalized spacial score (nSPS) is 23.1. The van der Waals surface area contributed by atoms with Crippen LogP contribution in [0.25, 0.3) is 0 Å². The molecule has 4 heteroatoms. The number of hydrogen-bond donors (Lipinski definition) is 0. The van der Waals surface area contributed by atoms with Crippen molar-refractivity contribution in [3.63, 3.8) is 0 Å². The second-order valence-corrected chi connectivity index (χ2v) is 6.85. The largest absolute Gasteiger partial charge is 0.550 e. The van der Waals surface area contributed by atoms with Crippen LogP contribution < -0.4 is 5.11 Å². The average Bonchev–Trinajstić information content (AvgIpc) is 2.36. The molecular weight excluding hydrogens is 254 g/mol. The van der Waals surface area contributed by atoms with Crippen molar-refractivity contribution in [2.45, 2.75) is 53.4 Å². The van der Waals surface area contributed by atoms with Crippen LogP contribution in [0.2, 0.25) is 0 Å². The fourth-order valence-electron chi connectivity index (χ4n) is 3.08. The topological polar surface area (TPSA) is 60.4 Å². The minimum atomic E-state index is -1.06. The third-order valence-electron chi connectivity index (χ3n) is 3.87. The Morgan fingerprint density at radius 2 is 1.45 bits per heavy atom. The Balaban J connectivity index is 2.82. The van der Waals surface area contributed by atoms with Gasteiger partial charge in [-0.25, -0.2) is 0 Å². The molecule has 0 aliphatic heterocycles. The van der Waals surface area contributed by atoms with Gasteiger partial charge in [0.05, 0.1) is 0 Å². The molecule has 0 spiro atoms. The zero-order valence-corrected chi connectivity index (χ0v) is 13.2. The van der Waals surface area contributed by atoms with E-state index in [0.29, 0.717) is 37.8 Å². The quantitative estimate of drug-likeness (QED) is 0.744. The van der Waals surface area contributed by atoms with E-state index in [9.17, 15) is 14.7 Å². The highest BCUT2D eigenvalue weighted by Gasteiger charge is 2.34. The number of rotatable bonds is 6. The Morgan fingerprint density at radius 1 is 1.00 bits per heavy atom. The Morgan fingerprint density at radius 3 is 1.85 bits per heavy atom. The molecule has 0 unspecified atom stereocenters. The van der Waals surface area contributed by atoms with E-state index in [1.54, 1.807) is 0 Å². The van der Waals surface area contributed by atoms with Gasteiger partial charge in [-0.05, 0) is 24.7 Å². The van der Waals surface area contributed by atoms with Crippen molar-refractivity contribution in [1.82, 2.24) is 4.90 Å². The zero-order chi connectivity index (χ0) is 15.3. The molecule has 20 heavy (non-hydrogen) atoms. The number of carboxylic acid groups (broad SMARTS) is 1. The van der Waals surface area contributed by atoms with Gasteiger partial charge in [0.2, 0.25) is 5.91 Å². The van der Waals surface area contributed by atoms with Crippen molar-refractivity contribution in [3.8, 4) is 0 Å². The fraction of sp³-hybridized carbons (Fsp3) is 0.875. The summed E-state index contributed by atoms with van der Waals surface area (Å²) in [5, 5.41) is 11.3. The molecule has 116 valence electrons. The first kappa shape index (κ1) is 17.0. The Bertz CT molecular complexity index is 329. The van der Waals surface area contributed by atoms with E-state index in [1.807, 2.05) is 4.90 Å². The third-order valence-corrected chi connectivity index (χ3v) is 3.87. The third kappa shape index (κ3) is 4.80. The van der Waals surface area contributed by atoms with Crippen LogP contribution in [0, 0.1) is 23.7 Å². The fourth-order valence-corrected chi connectivity index (χ4v) is 3.08. The number of carboxylic acids is 1. The van der Waals surface area contributed by atoms with Gasteiger partial charge in [0.15, 0.2) is 0 Å². The first-order chi connectivity index (χ1) is 9.32. The minimum absolute atomic E-state index is 0.0151. The molecule has 0 radical (unpaired) electrons. The highest BCUT2D eigenvalue weighted by molar-refractivity contribution is 5.84. The summed E-state index contributed by atoms with van der Waals surface area (Å²) < 4.78 is 0. The number of carbonyl (C=O) groups is 2. The first-order valence-electron chi connectivity index (χ1n) is 7.82. The maximum absolute atomic E-state index is 12.7. The minimum Gasteiger partial charge on any atom is -0.550 e. The number of hydrogen-bond acceptors (Lipinski definition) is 3. The van der Waals surface area contributed by atoms with Gasteiger partial charge in [0, 0.05) is 30.9 Å². The van der Waals surface area contributed by atoms with Crippen molar-refractivity contribution in [3.05, 3.63) is 0 Å². The number of nitrogens with zero attached hydrogens (tertiary/aromatic N) is 1. The van der Waals surface area contributed by atoms with Gasteiger partial charge >= 0.3 is 0 Å². The summed E-state index contributed by atoms with van der Waals surface area (Å²) in [5.41, 5.74) is 0. The summed E-state index contributed by atoms with van der Waals surface area (Å²) >= 11 is 0. The summed E-state index contributed by atoms with van der Waals surface area (Å²) in [6, 6.07) is 0. The van der Waals surface area contributed by atoms with Gasteiger partial charge in [-0.15, -0.1) is 0 Å². The van der Waals surface area contributed by atoms with E-state index in [1.165, 1.54) is 0 Å². The van der Waals surface area contributed by atoms with Gasteiger partial charge in [-0.3, -0.25) is 4.79 Å². The van der Waals surface area contributed by atoms with Gasteiger partial charge in [0.1, 0.15) is 0 Å². The molecule has 4 nitrogen and oxygen atoms in total. The van der Waals surface area contributed by atoms with E-state index in [0.717, 1.165) is 12.8 Å². The molecule has 0 aromatic rings. The van der Waals surface area contributed by atoms with E-state index < -0.39 is 11.9 Å². The lowest BCUT2D eigenvalue weighted by molar-refractivity contribution is -0.314. The van der Waals surface area contributed by atoms with E-state index in [4.69, 9.17) is 0 Å². The molecule has 1 aliphatic rings. The second-order valence-electron chi connectivity index (χ2n) is 6.85. The summed E-state index contributed by atoms with van der Waals surface area (Å²) in [4.78, 5) is 25.8. The van der Waals surface area contributed by atoms with Crippen LogP contribution in [-0.4, -0.2) is 29.9 Å². The summed E-state index contributed by atoms with van der Waals surface area (Å²) in [7, 11) is 0. The maximum atomic E-state index is 12.7. The molecule has 2 atom stereocenters. The van der Waals surface area contributed by atoms with E-state index in [2.05, 4.69) is 27.7 Å². The van der Waals surface area contributed by atoms with Crippen LogP contribution in [0.4, 0.5) is 0 Å². The maximum Gasteiger partial charge on any atom is 0.226 e. The molecule has 1 rings (SSSR count). The molecule has 1 aliphatic carbocycles.